The molecule has 1 aromatic carbocycles. The van der Waals surface area contributed by atoms with Crippen LogP contribution in [-0.2, 0) is 9.59 Å². The fourth-order valence-corrected chi connectivity index (χ4v) is 2.58. The molecule has 1 amide bonds. The molecule has 0 aliphatic carbocycles. The van der Waals surface area contributed by atoms with Crippen molar-refractivity contribution >= 4 is 40.9 Å². The molecule has 0 spiro atoms. The number of aliphatic carboxylic acids is 1. The van der Waals surface area contributed by atoms with Crippen molar-refractivity contribution < 1.29 is 14.7 Å². The summed E-state index contributed by atoms with van der Waals surface area (Å²) in [6.45, 7) is 1.82. The molecule has 2 N–H and O–H groups in total. The third-order valence-electron chi connectivity index (χ3n) is 2.44. The first-order chi connectivity index (χ1) is 9.04. The quantitative estimate of drug-likeness (QED) is 0.811. The summed E-state index contributed by atoms with van der Waals surface area (Å²) >= 11 is 7.20. The Hall–Kier alpha value is -1.20. The number of anilines is 1. The molecule has 0 saturated heterocycles. The molecule has 1 aromatic rings. The molecule has 1 unspecified atom stereocenters. The Balaban J connectivity index is 2.36. The first kappa shape index (κ1) is 15.9. The fraction of sp³-hybridized carbons (Fsp3) is 0.385. The van der Waals surface area contributed by atoms with Gasteiger partial charge in [0, 0.05) is 12.2 Å². The lowest BCUT2D eigenvalue weighted by atomic mass is 10.3. The Labute approximate surface area is 121 Å². The van der Waals surface area contributed by atoms with E-state index < -0.39 is 11.2 Å². The monoisotopic (exact) mass is 301 g/mol. The Morgan fingerprint density at radius 1 is 1.42 bits per heavy atom. The van der Waals surface area contributed by atoms with Gasteiger partial charge in [-0.2, -0.15) is 0 Å². The van der Waals surface area contributed by atoms with E-state index in [9.17, 15) is 9.59 Å². The van der Waals surface area contributed by atoms with E-state index in [0.29, 0.717) is 22.9 Å². The maximum Gasteiger partial charge on any atom is 0.316 e. The van der Waals surface area contributed by atoms with Crippen molar-refractivity contribution in [2.75, 3.05) is 11.1 Å². The van der Waals surface area contributed by atoms with Crippen LogP contribution in [0.4, 0.5) is 5.69 Å². The first-order valence-corrected chi connectivity index (χ1v) is 7.36. The van der Waals surface area contributed by atoms with Gasteiger partial charge in [0.1, 0.15) is 5.25 Å². The zero-order valence-corrected chi connectivity index (χ0v) is 12.1. The molecule has 4 nitrogen and oxygen atoms in total. The van der Waals surface area contributed by atoms with Gasteiger partial charge in [0.05, 0.1) is 10.7 Å². The van der Waals surface area contributed by atoms with Gasteiger partial charge in [-0.25, -0.2) is 0 Å². The molecule has 0 radical (unpaired) electrons. The van der Waals surface area contributed by atoms with Gasteiger partial charge in [0.15, 0.2) is 0 Å². The van der Waals surface area contributed by atoms with E-state index in [1.54, 1.807) is 24.3 Å². The van der Waals surface area contributed by atoms with Gasteiger partial charge >= 0.3 is 5.97 Å². The predicted octanol–water partition coefficient (Wildman–Crippen LogP) is 3.27. The van der Waals surface area contributed by atoms with Crippen LogP contribution < -0.4 is 5.32 Å². The van der Waals surface area contributed by atoms with Crippen LogP contribution >= 0.6 is 23.4 Å². The number of carbonyl (C=O) groups excluding carboxylic acids is 1. The number of amides is 1. The minimum atomic E-state index is -0.834. The Kier molecular flexibility index (Phi) is 6.73. The summed E-state index contributed by atoms with van der Waals surface area (Å²) in [6.07, 6.45) is 0.811. The Morgan fingerprint density at radius 3 is 2.68 bits per heavy atom. The average molecular weight is 302 g/mol. The fourth-order valence-electron chi connectivity index (χ4n) is 1.43. The van der Waals surface area contributed by atoms with Crippen LogP contribution in [0, 0.1) is 0 Å². The summed E-state index contributed by atoms with van der Waals surface area (Å²) in [6, 6.07) is 6.99. The van der Waals surface area contributed by atoms with Crippen molar-refractivity contribution in [3.63, 3.8) is 0 Å². The van der Waals surface area contributed by atoms with Crippen LogP contribution in [0.25, 0.3) is 0 Å². The summed E-state index contributed by atoms with van der Waals surface area (Å²) in [7, 11) is 0. The Morgan fingerprint density at radius 2 is 2.11 bits per heavy atom. The highest BCUT2D eigenvalue weighted by molar-refractivity contribution is 8.00. The number of carboxylic acid groups (broad SMARTS) is 1. The first-order valence-electron chi connectivity index (χ1n) is 5.93. The molecule has 0 aromatic heterocycles. The molecule has 0 saturated carbocycles. The van der Waals surface area contributed by atoms with Crippen molar-refractivity contribution in [1.29, 1.82) is 0 Å². The second-order valence-electron chi connectivity index (χ2n) is 3.88. The van der Waals surface area contributed by atoms with Crippen LogP contribution in [0.3, 0.4) is 0 Å². The number of hydrogen-bond acceptors (Lipinski definition) is 3. The summed E-state index contributed by atoms with van der Waals surface area (Å²) in [5.41, 5.74) is 0.574. The standard InChI is InChI=1S/C13H16ClNO3S/c1-2-11(13(17)18)19-8-7-12(16)15-10-6-4-3-5-9(10)14/h3-6,11H,2,7-8H2,1H3,(H,15,16)(H,17,18). The molecule has 1 rings (SSSR count). The number of hydrogen-bond donors (Lipinski definition) is 2. The van der Waals surface area contributed by atoms with E-state index in [4.69, 9.17) is 16.7 Å². The largest absolute Gasteiger partial charge is 0.480 e. The predicted molar refractivity (Wildman–Crippen MR) is 78.9 cm³/mol. The minimum Gasteiger partial charge on any atom is -0.480 e. The number of halogens is 1. The molecular weight excluding hydrogens is 286 g/mol. The Bertz CT molecular complexity index is 453. The molecule has 6 heteroatoms. The molecule has 19 heavy (non-hydrogen) atoms. The number of para-hydroxylation sites is 1. The molecule has 0 fully saturated rings. The van der Waals surface area contributed by atoms with Crippen molar-refractivity contribution in [2.45, 2.75) is 25.0 Å². The molecule has 0 bridgehead atoms. The maximum absolute atomic E-state index is 11.7. The summed E-state index contributed by atoms with van der Waals surface area (Å²) in [5, 5.41) is 11.6. The normalized spacial score (nSPS) is 11.9. The number of carbonyl (C=O) groups is 2. The van der Waals surface area contributed by atoms with E-state index >= 15 is 0 Å². The van der Waals surface area contributed by atoms with Crippen LogP contribution in [0.1, 0.15) is 19.8 Å². The molecule has 0 aliphatic rings. The zero-order valence-electron chi connectivity index (χ0n) is 10.6. The average Bonchev–Trinajstić information content (AvgIpc) is 2.37. The highest BCUT2D eigenvalue weighted by atomic mass is 35.5. The summed E-state index contributed by atoms with van der Waals surface area (Å²) < 4.78 is 0. The second kappa shape index (κ2) is 8.07. The maximum atomic E-state index is 11.7. The van der Waals surface area contributed by atoms with Gasteiger partial charge in [-0.15, -0.1) is 11.8 Å². The second-order valence-corrected chi connectivity index (χ2v) is 5.60. The third-order valence-corrected chi connectivity index (χ3v) is 4.15. The lowest BCUT2D eigenvalue weighted by Gasteiger charge is -2.10. The number of thioether (sulfide) groups is 1. The third kappa shape index (κ3) is 5.53. The highest BCUT2D eigenvalue weighted by Gasteiger charge is 2.15. The van der Waals surface area contributed by atoms with E-state index in [2.05, 4.69) is 5.32 Å². The van der Waals surface area contributed by atoms with Crippen LogP contribution in [0.15, 0.2) is 24.3 Å². The lowest BCUT2D eigenvalue weighted by Crippen LogP contribution is -2.18. The van der Waals surface area contributed by atoms with E-state index in [1.807, 2.05) is 6.92 Å². The topological polar surface area (TPSA) is 66.4 Å². The molecule has 1 atom stereocenters. The molecule has 0 heterocycles. The van der Waals surface area contributed by atoms with E-state index in [-0.39, 0.29) is 12.3 Å². The van der Waals surface area contributed by atoms with Crippen molar-refractivity contribution in [3.8, 4) is 0 Å². The summed E-state index contributed by atoms with van der Waals surface area (Å²) in [4.78, 5) is 22.5. The van der Waals surface area contributed by atoms with Crippen molar-refractivity contribution in [3.05, 3.63) is 29.3 Å². The van der Waals surface area contributed by atoms with Gasteiger partial charge in [-0.05, 0) is 18.6 Å². The van der Waals surface area contributed by atoms with Crippen molar-refractivity contribution in [2.24, 2.45) is 0 Å². The van der Waals surface area contributed by atoms with Gasteiger partial charge in [-0.1, -0.05) is 30.7 Å². The van der Waals surface area contributed by atoms with Crippen LogP contribution in [-0.4, -0.2) is 28.0 Å². The molecule has 104 valence electrons. The zero-order chi connectivity index (χ0) is 14.3. The molecule has 0 aliphatic heterocycles. The lowest BCUT2D eigenvalue weighted by molar-refractivity contribution is -0.136. The minimum absolute atomic E-state index is 0.166. The van der Waals surface area contributed by atoms with E-state index in [0.717, 1.165) is 0 Å². The van der Waals surface area contributed by atoms with Crippen molar-refractivity contribution in [1.82, 2.24) is 0 Å². The number of carboxylic acids is 1. The summed E-state index contributed by atoms with van der Waals surface area (Å²) in [5.74, 6) is -0.527. The number of nitrogens with one attached hydrogen (secondary N) is 1. The van der Waals surface area contributed by atoms with Gasteiger partial charge < -0.3 is 10.4 Å². The van der Waals surface area contributed by atoms with E-state index in [1.165, 1.54) is 11.8 Å². The van der Waals surface area contributed by atoms with Gasteiger partial charge in [0.2, 0.25) is 5.91 Å². The van der Waals surface area contributed by atoms with Gasteiger partial charge in [-0.3, -0.25) is 9.59 Å². The molecular formula is C13H16ClNO3S. The highest BCUT2D eigenvalue weighted by Crippen LogP contribution is 2.21. The number of rotatable bonds is 7. The number of benzene rings is 1. The smallest absolute Gasteiger partial charge is 0.316 e. The van der Waals surface area contributed by atoms with Gasteiger partial charge in [0.25, 0.3) is 0 Å². The SMILES string of the molecule is CCC(SCCC(=O)Nc1ccccc1Cl)C(=O)O. The van der Waals surface area contributed by atoms with Crippen LogP contribution in [0.5, 0.6) is 0 Å². The van der Waals surface area contributed by atoms with Crippen LogP contribution in [0.2, 0.25) is 5.02 Å².